The molecule has 20 heavy (non-hydrogen) atoms. The molecular formula is C16H21ClN2O. The normalized spacial score (nSPS) is 25.8. The zero-order chi connectivity index (χ0) is 14.9. The highest BCUT2D eigenvalue weighted by molar-refractivity contribution is 6.32. The maximum Gasteiger partial charge on any atom is 0.101 e. The Morgan fingerprint density at radius 1 is 1.50 bits per heavy atom. The zero-order valence-corrected chi connectivity index (χ0v) is 13.0. The van der Waals surface area contributed by atoms with Crippen molar-refractivity contribution in [1.29, 1.82) is 5.26 Å². The molecular weight excluding hydrogens is 272 g/mol. The fourth-order valence-corrected chi connectivity index (χ4v) is 3.50. The molecule has 2 rings (SSSR count). The van der Waals surface area contributed by atoms with E-state index in [-0.39, 0.29) is 6.04 Å². The maximum atomic E-state index is 10.7. The van der Waals surface area contributed by atoms with Crippen molar-refractivity contribution in [2.75, 3.05) is 11.4 Å². The molecule has 1 saturated heterocycles. The fourth-order valence-electron chi connectivity index (χ4n) is 3.30. The molecule has 1 aliphatic rings. The summed E-state index contributed by atoms with van der Waals surface area (Å²) in [5, 5.41) is 20.3. The van der Waals surface area contributed by atoms with Crippen molar-refractivity contribution >= 4 is 17.3 Å². The van der Waals surface area contributed by atoms with E-state index in [1.54, 1.807) is 6.07 Å². The lowest BCUT2D eigenvalue weighted by Gasteiger charge is -2.35. The topological polar surface area (TPSA) is 47.3 Å². The average molecular weight is 293 g/mol. The van der Waals surface area contributed by atoms with Crippen molar-refractivity contribution in [3.63, 3.8) is 0 Å². The fraction of sp³-hybridized carbons (Fsp3) is 0.562. The highest BCUT2D eigenvalue weighted by Gasteiger charge is 2.44. The van der Waals surface area contributed by atoms with Crippen molar-refractivity contribution < 1.29 is 5.11 Å². The number of aliphatic hydroxyl groups is 1. The lowest BCUT2D eigenvalue weighted by atomic mass is 9.90. The first-order valence-corrected chi connectivity index (χ1v) is 7.54. The minimum absolute atomic E-state index is 0.107. The summed E-state index contributed by atoms with van der Waals surface area (Å²) in [5.74, 6) is 0. The molecule has 0 radical (unpaired) electrons. The molecule has 0 amide bonds. The Bertz CT molecular complexity index is 552. The van der Waals surface area contributed by atoms with Crippen LogP contribution in [0.5, 0.6) is 0 Å². The number of hydrogen-bond donors (Lipinski definition) is 1. The molecule has 1 aliphatic heterocycles. The number of nitrogens with zero attached hydrogens (tertiary/aromatic N) is 2. The number of benzene rings is 1. The van der Waals surface area contributed by atoms with E-state index >= 15 is 0 Å². The van der Waals surface area contributed by atoms with Crippen LogP contribution >= 0.6 is 11.6 Å². The van der Waals surface area contributed by atoms with Crippen LogP contribution in [-0.4, -0.2) is 23.3 Å². The summed E-state index contributed by atoms with van der Waals surface area (Å²) in [6, 6.07) is 5.93. The standard InChI is InChI=1S/C16H21ClN2O/c1-4-14-16(20,5-2)8-9-19(14)13-7-6-12(10-18)15(17)11(13)3/h6-7,14,20H,4-5,8-9H2,1-3H3. The van der Waals surface area contributed by atoms with E-state index in [9.17, 15) is 5.11 Å². The third-order valence-corrected chi connectivity index (χ3v) is 5.06. The summed E-state index contributed by atoms with van der Waals surface area (Å²) in [6.07, 6.45) is 2.42. The van der Waals surface area contributed by atoms with Crippen molar-refractivity contribution in [1.82, 2.24) is 0 Å². The van der Waals surface area contributed by atoms with Crippen LogP contribution in [0.25, 0.3) is 0 Å². The number of halogens is 1. The van der Waals surface area contributed by atoms with Gasteiger partial charge in [0.1, 0.15) is 6.07 Å². The van der Waals surface area contributed by atoms with Gasteiger partial charge < -0.3 is 10.0 Å². The third kappa shape index (κ3) is 2.28. The van der Waals surface area contributed by atoms with Crippen molar-refractivity contribution in [2.45, 2.75) is 51.7 Å². The SMILES string of the molecule is CCC1N(c2ccc(C#N)c(Cl)c2C)CCC1(O)CC. The summed E-state index contributed by atoms with van der Waals surface area (Å²) in [7, 11) is 0. The molecule has 3 nitrogen and oxygen atoms in total. The van der Waals surface area contributed by atoms with Gasteiger partial charge in [-0.15, -0.1) is 0 Å². The van der Waals surface area contributed by atoms with Gasteiger partial charge in [-0.25, -0.2) is 0 Å². The molecule has 1 N–H and O–H groups in total. The molecule has 0 bridgehead atoms. The van der Waals surface area contributed by atoms with E-state index in [4.69, 9.17) is 16.9 Å². The predicted octanol–water partition coefficient (Wildman–Crippen LogP) is 3.65. The van der Waals surface area contributed by atoms with Crippen molar-refractivity contribution in [3.05, 3.63) is 28.3 Å². The molecule has 108 valence electrons. The van der Waals surface area contributed by atoms with E-state index in [1.807, 2.05) is 19.9 Å². The molecule has 1 fully saturated rings. The largest absolute Gasteiger partial charge is 0.388 e. The van der Waals surface area contributed by atoms with Crippen LogP contribution in [-0.2, 0) is 0 Å². The first kappa shape index (κ1) is 15.2. The van der Waals surface area contributed by atoms with Crippen LogP contribution in [0.2, 0.25) is 5.02 Å². The Balaban J connectivity index is 2.43. The summed E-state index contributed by atoms with van der Waals surface area (Å²) in [4.78, 5) is 2.24. The van der Waals surface area contributed by atoms with E-state index in [0.29, 0.717) is 10.6 Å². The van der Waals surface area contributed by atoms with E-state index in [1.165, 1.54) is 0 Å². The Morgan fingerprint density at radius 2 is 2.20 bits per heavy atom. The van der Waals surface area contributed by atoms with Crippen LogP contribution in [0.1, 0.15) is 44.2 Å². The molecule has 0 aromatic heterocycles. The zero-order valence-electron chi connectivity index (χ0n) is 12.3. The monoisotopic (exact) mass is 292 g/mol. The number of anilines is 1. The third-order valence-electron chi connectivity index (χ3n) is 4.57. The second kappa shape index (κ2) is 5.63. The molecule has 0 spiro atoms. The molecule has 0 aliphatic carbocycles. The lowest BCUT2D eigenvalue weighted by Crippen LogP contribution is -2.44. The van der Waals surface area contributed by atoms with Gasteiger partial charge in [0.2, 0.25) is 0 Å². The number of hydrogen-bond acceptors (Lipinski definition) is 3. The van der Waals surface area contributed by atoms with E-state index in [0.717, 1.165) is 37.1 Å². The lowest BCUT2D eigenvalue weighted by molar-refractivity contribution is 0.0268. The Morgan fingerprint density at radius 3 is 2.75 bits per heavy atom. The summed E-state index contributed by atoms with van der Waals surface area (Å²) in [6.45, 7) is 6.90. The van der Waals surface area contributed by atoms with Crippen molar-refractivity contribution in [2.24, 2.45) is 0 Å². The van der Waals surface area contributed by atoms with Gasteiger partial charge >= 0.3 is 0 Å². The molecule has 1 heterocycles. The van der Waals surface area contributed by atoms with Crippen LogP contribution < -0.4 is 4.90 Å². The van der Waals surface area contributed by atoms with Gasteiger partial charge in [0.05, 0.1) is 22.2 Å². The van der Waals surface area contributed by atoms with E-state index in [2.05, 4.69) is 17.9 Å². The summed E-state index contributed by atoms with van der Waals surface area (Å²) < 4.78 is 0. The summed E-state index contributed by atoms with van der Waals surface area (Å²) >= 11 is 6.26. The van der Waals surface area contributed by atoms with Gasteiger partial charge in [0, 0.05) is 12.2 Å². The highest BCUT2D eigenvalue weighted by Crippen LogP contribution is 2.40. The average Bonchev–Trinajstić information content (AvgIpc) is 2.79. The first-order valence-electron chi connectivity index (χ1n) is 7.16. The van der Waals surface area contributed by atoms with Crippen LogP contribution in [0, 0.1) is 18.3 Å². The molecule has 0 saturated carbocycles. The smallest absolute Gasteiger partial charge is 0.101 e. The van der Waals surface area contributed by atoms with Gasteiger partial charge in [-0.1, -0.05) is 25.4 Å². The number of nitriles is 1. The Kier molecular flexibility index (Phi) is 4.27. The minimum Gasteiger partial charge on any atom is -0.388 e. The molecule has 2 unspecified atom stereocenters. The van der Waals surface area contributed by atoms with Gasteiger partial charge in [0.25, 0.3) is 0 Å². The van der Waals surface area contributed by atoms with Crippen molar-refractivity contribution in [3.8, 4) is 6.07 Å². The molecule has 1 aromatic carbocycles. The highest BCUT2D eigenvalue weighted by atomic mass is 35.5. The second-order valence-electron chi connectivity index (χ2n) is 5.51. The van der Waals surface area contributed by atoms with Crippen LogP contribution in [0.15, 0.2) is 12.1 Å². The molecule has 1 aromatic rings. The minimum atomic E-state index is -0.623. The quantitative estimate of drug-likeness (QED) is 0.925. The molecule has 2 atom stereocenters. The van der Waals surface area contributed by atoms with Gasteiger partial charge in [-0.05, 0) is 43.9 Å². The second-order valence-corrected chi connectivity index (χ2v) is 5.89. The van der Waals surface area contributed by atoms with E-state index < -0.39 is 5.60 Å². The van der Waals surface area contributed by atoms with Crippen LogP contribution in [0.4, 0.5) is 5.69 Å². The van der Waals surface area contributed by atoms with Gasteiger partial charge in [-0.3, -0.25) is 0 Å². The molecule has 4 heteroatoms. The summed E-state index contributed by atoms with van der Waals surface area (Å²) in [5.41, 5.74) is 1.84. The predicted molar refractivity (Wildman–Crippen MR) is 82.2 cm³/mol. The van der Waals surface area contributed by atoms with Gasteiger partial charge in [0.15, 0.2) is 0 Å². The van der Waals surface area contributed by atoms with Gasteiger partial charge in [-0.2, -0.15) is 5.26 Å². The Hall–Kier alpha value is -1.24. The maximum absolute atomic E-state index is 10.7. The van der Waals surface area contributed by atoms with Crippen LogP contribution in [0.3, 0.4) is 0 Å². The Labute approximate surface area is 125 Å². The number of rotatable bonds is 3. The first-order chi connectivity index (χ1) is 9.48.